The van der Waals surface area contributed by atoms with Crippen LogP contribution in [0.1, 0.15) is 34.1 Å². The van der Waals surface area contributed by atoms with Crippen molar-refractivity contribution < 1.29 is 28.2 Å². The number of nitrogens with zero attached hydrogens (tertiary/aromatic N) is 1. The van der Waals surface area contributed by atoms with Crippen molar-refractivity contribution in [3.8, 4) is 17.0 Å². The number of carboxylic acids is 1. The van der Waals surface area contributed by atoms with Gasteiger partial charge in [-0.1, -0.05) is 24.3 Å². The molecule has 1 aromatic heterocycles. The number of halogens is 2. The van der Waals surface area contributed by atoms with Gasteiger partial charge in [-0.05, 0) is 48.4 Å². The van der Waals surface area contributed by atoms with Crippen molar-refractivity contribution in [3.63, 3.8) is 0 Å². The Kier molecular flexibility index (Phi) is 6.59. The van der Waals surface area contributed by atoms with Gasteiger partial charge in [-0.2, -0.15) is 0 Å². The Morgan fingerprint density at radius 2 is 1.87 bits per heavy atom. The van der Waals surface area contributed by atoms with Crippen molar-refractivity contribution in [2.45, 2.75) is 19.4 Å². The lowest BCUT2D eigenvalue weighted by Crippen LogP contribution is -2.31. The lowest BCUT2D eigenvalue weighted by Gasteiger charge is -2.19. The van der Waals surface area contributed by atoms with Crippen LogP contribution in [0.5, 0.6) is 5.75 Å². The molecule has 1 amide bonds. The lowest BCUT2D eigenvalue weighted by atomic mass is 9.98. The molecule has 1 unspecified atom stereocenters. The number of hydrogen-bond donors (Lipinski definition) is 2. The van der Waals surface area contributed by atoms with Gasteiger partial charge in [0, 0.05) is 5.56 Å². The highest BCUT2D eigenvalue weighted by atomic mass is 19.1. The van der Waals surface area contributed by atoms with E-state index in [0.29, 0.717) is 5.56 Å². The molecule has 0 aliphatic rings. The molecule has 3 aromatic rings. The van der Waals surface area contributed by atoms with Gasteiger partial charge in [0.05, 0.1) is 19.6 Å². The zero-order valence-corrected chi connectivity index (χ0v) is 16.9. The fourth-order valence-electron chi connectivity index (χ4n) is 3.23. The molecule has 0 saturated carbocycles. The number of ether oxygens (including phenoxy) is 1. The van der Waals surface area contributed by atoms with Crippen molar-refractivity contribution in [2.75, 3.05) is 7.11 Å². The van der Waals surface area contributed by atoms with Crippen LogP contribution in [0.2, 0.25) is 0 Å². The van der Waals surface area contributed by atoms with Gasteiger partial charge in [0.25, 0.3) is 5.91 Å². The van der Waals surface area contributed by atoms with Crippen molar-refractivity contribution in [1.29, 1.82) is 0 Å². The van der Waals surface area contributed by atoms with E-state index in [4.69, 9.17) is 4.74 Å². The molecule has 0 bridgehead atoms. The third kappa shape index (κ3) is 5.03. The zero-order valence-electron chi connectivity index (χ0n) is 16.9. The van der Waals surface area contributed by atoms with E-state index in [9.17, 15) is 23.5 Å². The Labute approximate surface area is 177 Å². The van der Waals surface area contributed by atoms with Gasteiger partial charge >= 0.3 is 5.97 Å². The maximum absolute atomic E-state index is 14.3. The Bertz CT molecular complexity index is 1130. The second-order valence-electron chi connectivity index (χ2n) is 6.85. The highest BCUT2D eigenvalue weighted by Gasteiger charge is 2.22. The van der Waals surface area contributed by atoms with Gasteiger partial charge in [0.2, 0.25) is 0 Å². The maximum atomic E-state index is 14.3. The summed E-state index contributed by atoms with van der Waals surface area (Å²) in [6, 6.07) is 12.0. The lowest BCUT2D eigenvalue weighted by molar-refractivity contribution is -0.137. The molecule has 8 heteroatoms. The first kappa shape index (κ1) is 21.9. The number of amides is 1. The zero-order chi connectivity index (χ0) is 22.5. The number of pyridine rings is 1. The molecule has 1 atom stereocenters. The molecule has 0 saturated heterocycles. The predicted molar refractivity (Wildman–Crippen MR) is 110 cm³/mol. The van der Waals surface area contributed by atoms with Crippen molar-refractivity contribution in [2.24, 2.45) is 0 Å². The van der Waals surface area contributed by atoms with E-state index >= 15 is 0 Å². The summed E-state index contributed by atoms with van der Waals surface area (Å²) in [4.78, 5) is 28.4. The SMILES string of the molecule is COc1ccc(C(=O)NC(CC(=O)O)c2ccccc2C)nc1-c1cc(F)ccc1F. The van der Waals surface area contributed by atoms with Gasteiger partial charge in [-0.15, -0.1) is 0 Å². The summed E-state index contributed by atoms with van der Waals surface area (Å²) >= 11 is 0. The average Bonchev–Trinajstić information content (AvgIpc) is 2.74. The number of aliphatic carboxylic acids is 1. The maximum Gasteiger partial charge on any atom is 0.305 e. The van der Waals surface area contributed by atoms with Crippen LogP contribution in [-0.2, 0) is 4.79 Å². The highest BCUT2D eigenvalue weighted by Crippen LogP contribution is 2.31. The van der Waals surface area contributed by atoms with Gasteiger partial charge in [0.1, 0.15) is 28.8 Å². The van der Waals surface area contributed by atoms with Crippen LogP contribution in [-0.4, -0.2) is 29.1 Å². The van der Waals surface area contributed by atoms with Crippen LogP contribution < -0.4 is 10.1 Å². The molecule has 6 nitrogen and oxygen atoms in total. The molecule has 160 valence electrons. The normalized spacial score (nSPS) is 11.6. The Morgan fingerprint density at radius 3 is 2.55 bits per heavy atom. The Hall–Kier alpha value is -3.81. The fraction of sp³-hybridized carbons (Fsp3) is 0.174. The molecule has 0 fully saturated rings. The molecule has 2 N–H and O–H groups in total. The van der Waals surface area contributed by atoms with Gasteiger partial charge in [-0.3, -0.25) is 9.59 Å². The molecule has 1 heterocycles. The molecular weight excluding hydrogens is 406 g/mol. The third-order valence-corrected chi connectivity index (χ3v) is 4.74. The monoisotopic (exact) mass is 426 g/mol. The summed E-state index contributed by atoms with van der Waals surface area (Å²) in [6.07, 6.45) is -0.335. The van der Waals surface area contributed by atoms with Crippen molar-refractivity contribution >= 4 is 11.9 Å². The van der Waals surface area contributed by atoms with Crippen LogP contribution in [0.3, 0.4) is 0 Å². The summed E-state index contributed by atoms with van der Waals surface area (Å²) in [5.74, 6) is -2.99. The minimum atomic E-state index is -1.08. The highest BCUT2D eigenvalue weighted by molar-refractivity contribution is 5.93. The standard InChI is InChI=1S/C23H20F2N2O4/c1-13-5-3-4-6-15(13)19(12-21(28)29)27-23(30)18-9-10-20(31-2)22(26-18)16-11-14(24)7-8-17(16)25/h3-11,19H,12H2,1-2H3,(H,27,30)(H,28,29). The van der Waals surface area contributed by atoms with E-state index in [2.05, 4.69) is 10.3 Å². The van der Waals surface area contributed by atoms with Crippen LogP contribution in [0, 0.1) is 18.6 Å². The van der Waals surface area contributed by atoms with Crippen LogP contribution >= 0.6 is 0 Å². The van der Waals surface area contributed by atoms with Crippen molar-refractivity contribution in [3.05, 3.63) is 83.1 Å². The number of hydrogen-bond acceptors (Lipinski definition) is 4. The predicted octanol–water partition coefficient (Wildman–Crippen LogP) is 4.29. The number of carbonyl (C=O) groups excluding carboxylic acids is 1. The summed E-state index contributed by atoms with van der Waals surface area (Å²) in [6.45, 7) is 1.81. The van der Waals surface area contributed by atoms with E-state index in [1.54, 1.807) is 12.1 Å². The largest absolute Gasteiger partial charge is 0.494 e. The molecule has 0 spiro atoms. The smallest absolute Gasteiger partial charge is 0.305 e. The molecule has 3 rings (SSSR count). The average molecular weight is 426 g/mol. The van der Waals surface area contributed by atoms with Crippen molar-refractivity contribution in [1.82, 2.24) is 10.3 Å². The molecular formula is C23H20F2N2O4. The first-order chi connectivity index (χ1) is 14.8. The summed E-state index contributed by atoms with van der Waals surface area (Å²) in [5.41, 5.74) is 1.18. The quantitative estimate of drug-likeness (QED) is 0.588. The van der Waals surface area contributed by atoms with E-state index in [-0.39, 0.29) is 29.1 Å². The molecule has 31 heavy (non-hydrogen) atoms. The van der Waals surface area contributed by atoms with Crippen LogP contribution in [0.4, 0.5) is 8.78 Å². The van der Waals surface area contributed by atoms with E-state index < -0.39 is 29.6 Å². The number of carboxylic acid groups (broad SMARTS) is 1. The van der Waals surface area contributed by atoms with Crippen LogP contribution in [0.15, 0.2) is 54.6 Å². The second kappa shape index (κ2) is 9.34. The number of aromatic nitrogens is 1. The minimum absolute atomic E-state index is 0.0437. The topological polar surface area (TPSA) is 88.5 Å². The first-order valence-corrected chi connectivity index (χ1v) is 9.38. The number of carbonyl (C=O) groups is 2. The number of benzene rings is 2. The first-order valence-electron chi connectivity index (χ1n) is 9.38. The summed E-state index contributed by atoms with van der Waals surface area (Å²) in [5, 5.41) is 11.9. The number of methoxy groups -OCH3 is 1. The van der Waals surface area contributed by atoms with E-state index in [0.717, 1.165) is 23.8 Å². The fourth-order valence-corrected chi connectivity index (χ4v) is 3.23. The Morgan fingerprint density at radius 1 is 1.13 bits per heavy atom. The number of aryl methyl sites for hydroxylation is 1. The second-order valence-corrected chi connectivity index (χ2v) is 6.85. The molecule has 2 aromatic carbocycles. The summed E-state index contributed by atoms with van der Waals surface area (Å²) < 4.78 is 33.2. The number of nitrogens with one attached hydrogen (secondary N) is 1. The third-order valence-electron chi connectivity index (χ3n) is 4.74. The van der Waals surface area contributed by atoms with Gasteiger partial charge < -0.3 is 15.2 Å². The Balaban J connectivity index is 1.98. The number of rotatable bonds is 7. The molecule has 0 aliphatic heterocycles. The van der Waals surface area contributed by atoms with E-state index in [1.807, 2.05) is 19.1 Å². The molecule has 0 radical (unpaired) electrons. The summed E-state index contributed by atoms with van der Waals surface area (Å²) in [7, 11) is 1.35. The minimum Gasteiger partial charge on any atom is -0.494 e. The van der Waals surface area contributed by atoms with Gasteiger partial charge in [-0.25, -0.2) is 13.8 Å². The van der Waals surface area contributed by atoms with E-state index in [1.165, 1.54) is 19.2 Å². The molecule has 0 aliphatic carbocycles. The van der Waals surface area contributed by atoms with Crippen LogP contribution in [0.25, 0.3) is 11.3 Å². The van der Waals surface area contributed by atoms with Gasteiger partial charge in [0.15, 0.2) is 0 Å².